The summed E-state index contributed by atoms with van der Waals surface area (Å²) in [4.78, 5) is 48.1. The van der Waals surface area contributed by atoms with Crippen LogP contribution < -0.4 is 18.9 Å². The van der Waals surface area contributed by atoms with E-state index in [-0.39, 0.29) is 41.3 Å². The van der Waals surface area contributed by atoms with Crippen molar-refractivity contribution in [2.24, 2.45) is 0 Å². The molecule has 2 aromatic rings. The molecule has 2 unspecified atom stereocenters. The molecule has 0 radical (unpaired) electrons. The van der Waals surface area contributed by atoms with Gasteiger partial charge in [-0.05, 0) is 46.7 Å². The number of rotatable bonds is 8. The zero-order valence-electron chi connectivity index (χ0n) is 20.3. The number of carbonyl (C=O) groups is 4. The Kier molecular flexibility index (Phi) is 7.89. The number of ether oxygens (including phenoxy) is 4. The molecule has 36 heavy (non-hydrogen) atoms. The first-order chi connectivity index (χ1) is 17.1. The van der Waals surface area contributed by atoms with Crippen LogP contribution in [0.1, 0.15) is 50.2 Å². The summed E-state index contributed by atoms with van der Waals surface area (Å²) in [7, 11) is 0. The summed E-state index contributed by atoms with van der Waals surface area (Å²) >= 11 is 0. The topological polar surface area (TPSA) is 105 Å². The van der Waals surface area contributed by atoms with E-state index < -0.39 is 23.9 Å². The maximum atomic E-state index is 12.2. The van der Waals surface area contributed by atoms with Crippen molar-refractivity contribution in [2.45, 2.75) is 39.0 Å². The summed E-state index contributed by atoms with van der Waals surface area (Å²) < 4.78 is 21.7. The van der Waals surface area contributed by atoms with Gasteiger partial charge in [-0.15, -0.1) is 0 Å². The first-order valence-corrected chi connectivity index (χ1v) is 11.2. The Morgan fingerprint density at radius 1 is 0.750 bits per heavy atom. The number of esters is 4. The van der Waals surface area contributed by atoms with Gasteiger partial charge in [0, 0.05) is 30.2 Å². The van der Waals surface area contributed by atoms with Crippen LogP contribution in [0.4, 0.5) is 0 Å². The molecule has 0 heterocycles. The van der Waals surface area contributed by atoms with Gasteiger partial charge in [0.15, 0.2) is 23.0 Å². The molecule has 0 fully saturated rings. The SMILES string of the molecule is C=CC(=O)Oc1cc2c(cc1OC(=O)CC)-c1ccc(OC(=O)C=C)c(OC(=O)C=C)c1C(C)C2C. The minimum absolute atomic E-state index is 0.0468. The van der Waals surface area contributed by atoms with E-state index in [0.29, 0.717) is 16.7 Å². The second-order valence-corrected chi connectivity index (χ2v) is 8.02. The second-order valence-electron chi connectivity index (χ2n) is 8.02. The largest absolute Gasteiger partial charge is 0.422 e. The fourth-order valence-electron chi connectivity index (χ4n) is 3.95. The van der Waals surface area contributed by atoms with Gasteiger partial charge in [0.1, 0.15) is 0 Å². The van der Waals surface area contributed by atoms with Crippen molar-refractivity contribution in [3.8, 4) is 34.1 Å². The van der Waals surface area contributed by atoms with Gasteiger partial charge in [-0.2, -0.15) is 0 Å². The van der Waals surface area contributed by atoms with E-state index in [1.54, 1.807) is 25.1 Å². The van der Waals surface area contributed by atoms with E-state index in [0.717, 1.165) is 23.8 Å². The summed E-state index contributed by atoms with van der Waals surface area (Å²) in [6, 6.07) is 6.47. The smallest absolute Gasteiger partial charge is 0.335 e. The maximum absolute atomic E-state index is 12.2. The fourth-order valence-corrected chi connectivity index (χ4v) is 3.95. The highest BCUT2D eigenvalue weighted by atomic mass is 16.6. The first-order valence-electron chi connectivity index (χ1n) is 11.2. The van der Waals surface area contributed by atoms with E-state index in [9.17, 15) is 19.2 Å². The molecule has 3 rings (SSSR count). The molecule has 8 heteroatoms. The Morgan fingerprint density at radius 3 is 1.89 bits per heavy atom. The van der Waals surface area contributed by atoms with E-state index in [1.165, 1.54) is 6.07 Å². The van der Waals surface area contributed by atoms with E-state index in [1.807, 2.05) is 13.8 Å². The molecular formula is C28H26O8. The Bertz CT molecular complexity index is 1290. The van der Waals surface area contributed by atoms with Gasteiger partial charge in [0.2, 0.25) is 0 Å². The Morgan fingerprint density at radius 2 is 1.31 bits per heavy atom. The molecule has 0 aromatic heterocycles. The van der Waals surface area contributed by atoms with Crippen LogP contribution in [0.2, 0.25) is 0 Å². The second kappa shape index (κ2) is 10.9. The number of fused-ring (bicyclic) bond motifs is 3. The van der Waals surface area contributed by atoms with Crippen molar-refractivity contribution in [1.29, 1.82) is 0 Å². The molecule has 0 aliphatic heterocycles. The van der Waals surface area contributed by atoms with Crippen LogP contribution in [-0.2, 0) is 19.2 Å². The van der Waals surface area contributed by atoms with Crippen LogP contribution in [0, 0.1) is 0 Å². The molecule has 0 amide bonds. The van der Waals surface area contributed by atoms with Crippen LogP contribution in [0.3, 0.4) is 0 Å². The average Bonchev–Trinajstić information content (AvgIpc) is 2.88. The average molecular weight is 491 g/mol. The maximum Gasteiger partial charge on any atom is 0.335 e. The van der Waals surface area contributed by atoms with Crippen LogP contribution in [0.25, 0.3) is 11.1 Å². The summed E-state index contributed by atoms with van der Waals surface area (Å²) in [6.45, 7) is 15.8. The lowest BCUT2D eigenvalue weighted by Gasteiger charge is -2.33. The van der Waals surface area contributed by atoms with Crippen LogP contribution in [0.15, 0.2) is 62.2 Å². The van der Waals surface area contributed by atoms with Crippen LogP contribution in [0.5, 0.6) is 23.0 Å². The Hall–Kier alpha value is -4.46. The standard InChI is InChI=1S/C28H26O8/c1-7-23(29)33-20-12-11-17-19-14-22(35-25(31)9-3)21(34-24(30)8-2)13-18(19)15(5)16(6)27(17)28(20)36-26(32)10-4/h7-8,10-16H,1-2,4,9H2,3,5-6H3. The van der Waals surface area contributed by atoms with Gasteiger partial charge in [0.25, 0.3) is 0 Å². The highest BCUT2D eigenvalue weighted by Crippen LogP contribution is 2.54. The number of hydrogen-bond donors (Lipinski definition) is 0. The van der Waals surface area contributed by atoms with Crippen molar-refractivity contribution in [2.75, 3.05) is 0 Å². The number of benzene rings is 2. The highest BCUT2D eigenvalue weighted by molar-refractivity contribution is 5.90. The van der Waals surface area contributed by atoms with Crippen molar-refractivity contribution >= 4 is 23.9 Å². The molecule has 0 bridgehead atoms. The summed E-state index contributed by atoms with van der Waals surface area (Å²) in [6.07, 6.45) is 3.13. The molecule has 1 aliphatic rings. The molecule has 0 N–H and O–H groups in total. The van der Waals surface area contributed by atoms with E-state index >= 15 is 0 Å². The predicted molar refractivity (Wildman–Crippen MR) is 132 cm³/mol. The fraction of sp³-hybridized carbons (Fsp3) is 0.214. The van der Waals surface area contributed by atoms with Crippen molar-refractivity contribution in [3.05, 3.63) is 73.4 Å². The third-order valence-corrected chi connectivity index (χ3v) is 5.90. The van der Waals surface area contributed by atoms with Crippen molar-refractivity contribution in [3.63, 3.8) is 0 Å². The lowest BCUT2D eigenvalue weighted by Crippen LogP contribution is -2.18. The molecule has 2 atom stereocenters. The Balaban J connectivity index is 2.30. The molecule has 1 aliphatic carbocycles. The number of hydrogen-bond acceptors (Lipinski definition) is 8. The van der Waals surface area contributed by atoms with Gasteiger partial charge in [-0.25, -0.2) is 14.4 Å². The first kappa shape index (κ1) is 26.2. The highest BCUT2D eigenvalue weighted by Gasteiger charge is 2.35. The third kappa shape index (κ3) is 5.12. The zero-order chi connectivity index (χ0) is 26.6. The normalized spacial score (nSPS) is 15.4. The van der Waals surface area contributed by atoms with Gasteiger partial charge in [-0.3, -0.25) is 4.79 Å². The molecule has 0 saturated heterocycles. The number of carbonyl (C=O) groups excluding carboxylic acids is 4. The minimum Gasteiger partial charge on any atom is -0.422 e. The summed E-state index contributed by atoms with van der Waals surface area (Å²) in [5, 5.41) is 0. The molecule has 186 valence electrons. The molecular weight excluding hydrogens is 464 g/mol. The van der Waals surface area contributed by atoms with Crippen LogP contribution >= 0.6 is 0 Å². The van der Waals surface area contributed by atoms with Gasteiger partial charge in [0.05, 0.1) is 0 Å². The van der Waals surface area contributed by atoms with Crippen LogP contribution in [-0.4, -0.2) is 23.9 Å². The zero-order valence-corrected chi connectivity index (χ0v) is 20.3. The van der Waals surface area contributed by atoms with Crippen molar-refractivity contribution in [1.82, 2.24) is 0 Å². The minimum atomic E-state index is -0.728. The lowest BCUT2D eigenvalue weighted by molar-refractivity contribution is -0.135. The third-order valence-electron chi connectivity index (χ3n) is 5.90. The van der Waals surface area contributed by atoms with Gasteiger partial charge in [-0.1, -0.05) is 46.6 Å². The molecule has 0 spiro atoms. The molecule has 8 nitrogen and oxygen atoms in total. The van der Waals surface area contributed by atoms with E-state index in [2.05, 4.69) is 19.7 Å². The predicted octanol–water partition coefficient (Wildman–Crippen LogP) is 5.16. The Labute approximate surface area is 208 Å². The monoisotopic (exact) mass is 490 g/mol. The van der Waals surface area contributed by atoms with Gasteiger partial charge < -0.3 is 18.9 Å². The van der Waals surface area contributed by atoms with Crippen molar-refractivity contribution < 1.29 is 38.1 Å². The quantitative estimate of drug-likeness (QED) is 0.284. The molecule has 2 aromatic carbocycles. The lowest BCUT2D eigenvalue weighted by atomic mass is 9.72. The van der Waals surface area contributed by atoms with E-state index in [4.69, 9.17) is 18.9 Å². The molecule has 0 saturated carbocycles. The summed E-state index contributed by atoms with van der Waals surface area (Å²) in [5.41, 5.74) is 2.76. The summed E-state index contributed by atoms with van der Waals surface area (Å²) in [5.74, 6) is -2.81. The van der Waals surface area contributed by atoms with Gasteiger partial charge >= 0.3 is 23.9 Å².